The van der Waals surface area contributed by atoms with Crippen LogP contribution in [0.2, 0.25) is 0 Å². The van der Waals surface area contributed by atoms with Gasteiger partial charge >= 0.3 is 0 Å². The second-order valence-corrected chi connectivity index (χ2v) is 5.08. The van der Waals surface area contributed by atoms with Crippen LogP contribution in [0.25, 0.3) is 0 Å². The lowest BCUT2D eigenvalue weighted by atomic mass is 10.3. The van der Waals surface area contributed by atoms with E-state index in [0.29, 0.717) is 0 Å². The predicted octanol–water partition coefficient (Wildman–Crippen LogP) is 4.14. The van der Waals surface area contributed by atoms with Crippen molar-refractivity contribution >= 4 is 27.7 Å². The lowest BCUT2D eigenvalue weighted by molar-refractivity contribution is 1.23. The Morgan fingerprint density at radius 2 is 1.93 bits per heavy atom. The molecule has 0 unspecified atom stereocenters. The van der Waals surface area contributed by atoms with Crippen LogP contribution in [0.3, 0.4) is 0 Å². The van der Waals surface area contributed by atoms with Gasteiger partial charge in [-0.25, -0.2) is 0 Å². The fraction of sp³-hybridized carbons (Fsp3) is 0.0833. The molecule has 1 aromatic heterocycles. The molecular weight excluding hydrogens is 270 g/mol. The first-order valence-electron chi connectivity index (χ1n) is 4.62. The maximum absolute atomic E-state index is 4.14. The van der Waals surface area contributed by atoms with E-state index in [-0.39, 0.29) is 0 Å². The Balaban J connectivity index is 1.99. The van der Waals surface area contributed by atoms with Crippen LogP contribution in [0.5, 0.6) is 0 Å². The molecule has 1 nitrogen and oxygen atoms in total. The highest BCUT2D eigenvalue weighted by Crippen LogP contribution is 2.22. The zero-order valence-electron chi connectivity index (χ0n) is 8.06. The van der Waals surface area contributed by atoms with Gasteiger partial charge in [-0.15, -0.1) is 11.8 Å². The van der Waals surface area contributed by atoms with E-state index in [2.05, 4.69) is 51.2 Å². The van der Waals surface area contributed by atoms with Gasteiger partial charge in [-0.05, 0) is 39.7 Å². The summed E-state index contributed by atoms with van der Waals surface area (Å²) < 4.78 is 1.04. The molecule has 15 heavy (non-hydrogen) atoms. The van der Waals surface area contributed by atoms with Crippen LogP contribution >= 0.6 is 27.7 Å². The summed E-state index contributed by atoms with van der Waals surface area (Å²) in [4.78, 5) is 5.43. The van der Waals surface area contributed by atoms with Crippen molar-refractivity contribution in [2.75, 3.05) is 0 Å². The van der Waals surface area contributed by atoms with Gasteiger partial charge in [0.15, 0.2) is 0 Å². The second-order valence-electron chi connectivity index (χ2n) is 3.11. The minimum Gasteiger partial charge on any atom is -0.263 e. The Morgan fingerprint density at radius 1 is 1.13 bits per heavy atom. The van der Waals surface area contributed by atoms with Crippen molar-refractivity contribution in [1.29, 1.82) is 0 Å². The van der Waals surface area contributed by atoms with Crippen LogP contribution in [-0.2, 0) is 5.75 Å². The Kier molecular flexibility index (Phi) is 3.80. The number of thioether (sulfide) groups is 1. The summed E-state index contributed by atoms with van der Waals surface area (Å²) in [7, 11) is 0. The van der Waals surface area contributed by atoms with Crippen molar-refractivity contribution in [3.63, 3.8) is 0 Å². The van der Waals surface area contributed by atoms with Crippen LogP contribution in [0, 0.1) is 0 Å². The number of benzene rings is 1. The monoisotopic (exact) mass is 279 g/mol. The molecule has 3 heteroatoms. The number of hydrogen-bond donors (Lipinski definition) is 0. The van der Waals surface area contributed by atoms with Crippen molar-refractivity contribution in [2.24, 2.45) is 0 Å². The highest BCUT2D eigenvalue weighted by molar-refractivity contribution is 9.10. The third kappa shape index (κ3) is 3.36. The van der Waals surface area contributed by atoms with Crippen molar-refractivity contribution < 1.29 is 0 Å². The number of pyridine rings is 1. The Hall–Kier alpha value is -0.800. The highest BCUT2D eigenvalue weighted by Gasteiger charge is 1.96. The Morgan fingerprint density at radius 3 is 2.67 bits per heavy atom. The lowest BCUT2D eigenvalue weighted by Gasteiger charge is -2.01. The highest BCUT2D eigenvalue weighted by atomic mass is 79.9. The zero-order chi connectivity index (χ0) is 10.5. The van der Waals surface area contributed by atoms with E-state index >= 15 is 0 Å². The van der Waals surface area contributed by atoms with Gasteiger partial charge in [0.05, 0.1) is 0 Å². The summed E-state index contributed by atoms with van der Waals surface area (Å²) in [6, 6.07) is 12.5. The molecule has 0 N–H and O–H groups in total. The van der Waals surface area contributed by atoms with E-state index < -0.39 is 0 Å². The summed E-state index contributed by atoms with van der Waals surface area (Å²) in [6.45, 7) is 0. The quantitative estimate of drug-likeness (QED) is 0.784. The van der Waals surface area contributed by atoms with E-state index in [9.17, 15) is 0 Å². The SMILES string of the molecule is Brc1cncc(CSc2ccccc2)c1. The average Bonchev–Trinajstić information content (AvgIpc) is 2.28. The van der Waals surface area contributed by atoms with Crippen LogP contribution < -0.4 is 0 Å². The Bertz CT molecular complexity index is 431. The van der Waals surface area contributed by atoms with Crippen molar-refractivity contribution in [1.82, 2.24) is 4.98 Å². The first kappa shape index (κ1) is 10.7. The van der Waals surface area contributed by atoms with Crippen LogP contribution in [0.15, 0.2) is 58.2 Å². The van der Waals surface area contributed by atoms with Crippen LogP contribution in [0.4, 0.5) is 0 Å². The average molecular weight is 280 g/mol. The third-order valence-electron chi connectivity index (χ3n) is 1.91. The number of aromatic nitrogens is 1. The van der Waals surface area contributed by atoms with Gasteiger partial charge in [-0.3, -0.25) is 4.98 Å². The summed E-state index contributed by atoms with van der Waals surface area (Å²) in [5, 5.41) is 0. The van der Waals surface area contributed by atoms with Crippen molar-refractivity contribution in [2.45, 2.75) is 10.6 Å². The standard InChI is InChI=1S/C12H10BrNS/c13-11-6-10(7-14-8-11)9-15-12-4-2-1-3-5-12/h1-8H,9H2. The fourth-order valence-corrected chi connectivity index (χ4v) is 2.47. The van der Waals surface area contributed by atoms with Gasteiger partial charge in [0.2, 0.25) is 0 Å². The molecule has 0 amide bonds. The first-order chi connectivity index (χ1) is 7.34. The van der Waals surface area contributed by atoms with Crippen molar-refractivity contribution in [3.8, 4) is 0 Å². The first-order valence-corrected chi connectivity index (χ1v) is 6.40. The molecule has 0 aliphatic rings. The molecule has 0 aliphatic carbocycles. The third-order valence-corrected chi connectivity index (χ3v) is 3.43. The number of halogens is 1. The second kappa shape index (κ2) is 5.33. The molecule has 76 valence electrons. The van der Waals surface area contributed by atoms with Crippen LogP contribution in [0.1, 0.15) is 5.56 Å². The van der Waals surface area contributed by atoms with Gasteiger partial charge in [-0.2, -0.15) is 0 Å². The molecule has 0 bridgehead atoms. The van der Waals surface area contributed by atoms with Gasteiger partial charge in [0.25, 0.3) is 0 Å². The van der Waals surface area contributed by atoms with Crippen molar-refractivity contribution in [3.05, 3.63) is 58.8 Å². The molecule has 0 saturated carbocycles. The van der Waals surface area contributed by atoms with Gasteiger partial charge in [0, 0.05) is 27.5 Å². The summed E-state index contributed by atoms with van der Waals surface area (Å²) >= 11 is 5.24. The number of nitrogens with zero attached hydrogens (tertiary/aromatic N) is 1. The predicted molar refractivity (Wildman–Crippen MR) is 67.9 cm³/mol. The molecule has 0 spiro atoms. The van der Waals surface area contributed by atoms with Gasteiger partial charge < -0.3 is 0 Å². The van der Waals surface area contributed by atoms with E-state index in [1.807, 2.05) is 24.0 Å². The zero-order valence-corrected chi connectivity index (χ0v) is 10.5. The van der Waals surface area contributed by atoms with E-state index in [0.717, 1.165) is 10.2 Å². The Labute approximate surface area is 102 Å². The van der Waals surface area contributed by atoms with E-state index in [1.165, 1.54) is 10.5 Å². The fourth-order valence-electron chi connectivity index (χ4n) is 1.22. The molecule has 0 aliphatic heterocycles. The minimum atomic E-state index is 0.955. The maximum Gasteiger partial charge on any atom is 0.0410 e. The maximum atomic E-state index is 4.14. The molecule has 0 atom stereocenters. The molecule has 1 heterocycles. The lowest BCUT2D eigenvalue weighted by Crippen LogP contribution is -1.82. The molecule has 2 rings (SSSR count). The minimum absolute atomic E-state index is 0.955. The molecule has 0 fully saturated rings. The van der Waals surface area contributed by atoms with Gasteiger partial charge in [0.1, 0.15) is 0 Å². The molecule has 2 aromatic rings. The summed E-state index contributed by atoms with van der Waals surface area (Å²) in [5.41, 5.74) is 1.23. The summed E-state index contributed by atoms with van der Waals surface area (Å²) in [5.74, 6) is 0.955. The topological polar surface area (TPSA) is 12.9 Å². The molecule has 0 saturated heterocycles. The van der Waals surface area contributed by atoms with Gasteiger partial charge in [-0.1, -0.05) is 18.2 Å². The number of rotatable bonds is 3. The normalized spacial score (nSPS) is 10.2. The van der Waals surface area contributed by atoms with E-state index in [1.54, 1.807) is 6.20 Å². The smallest absolute Gasteiger partial charge is 0.0410 e. The van der Waals surface area contributed by atoms with E-state index in [4.69, 9.17) is 0 Å². The molecular formula is C12H10BrNS. The summed E-state index contributed by atoms with van der Waals surface area (Å²) in [6.07, 6.45) is 3.71. The van der Waals surface area contributed by atoms with Crippen LogP contribution in [-0.4, -0.2) is 4.98 Å². The molecule has 0 radical (unpaired) electrons. The number of hydrogen-bond acceptors (Lipinski definition) is 2. The molecule has 1 aromatic carbocycles. The largest absolute Gasteiger partial charge is 0.263 e.